The Hall–Kier alpha value is -2.41. The first kappa shape index (κ1) is 25.6. The van der Waals surface area contributed by atoms with E-state index in [-0.39, 0.29) is 23.4 Å². The molecule has 0 bridgehead atoms. The van der Waals surface area contributed by atoms with Crippen LogP contribution in [-0.2, 0) is 21.3 Å². The Labute approximate surface area is 179 Å². The fourth-order valence-electron chi connectivity index (χ4n) is 2.84. The summed E-state index contributed by atoms with van der Waals surface area (Å²) in [5, 5.41) is 0. The maximum atomic E-state index is 14.5. The highest BCUT2D eigenvalue weighted by Gasteiger charge is 2.24. The lowest BCUT2D eigenvalue weighted by molar-refractivity contribution is 0.0600. The number of carbonyl (C=O) groups excluding carboxylic acids is 1. The van der Waals surface area contributed by atoms with Crippen LogP contribution < -0.4 is 4.31 Å². The van der Waals surface area contributed by atoms with E-state index in [4.69, 9.17) is 0 Å². The predicted octanol–water partition coefficient (Wildman–Crippen LogP) is 5.56. The second kappa shape index (κ2) is 13.0. The molecule has 0 aromatic heterocycles. The average molecular weight is 438 g/mol. The summed E-state index contributed by atoms with van der Waals surface area (Å²) in [5.74, 6) is -1.29. The number of hydrogen-bond donors (Lipinski definition) is 0. The molecule has 7 heteroatoms. The van der Waals surface area contributed by atoms with Crippen LogP contribution in [0.1, 0.15) is 62.4 Å². The molecule has 0 radical (unpaired) electrons. The Morgan fingerprint density at radius 1 is 1.03 bits per heavy atom. The summed E-state index contributed by atoms with van der Waals surface area (Å²) in [6.45, 7) is 5.92. The van der Waals surface area contributed by atoms with Gasteiger partial charge in [0.05, 0.1) is 30.7 Å². The van der Waals surface area contributed by atoms with E-state index in [0.29, 0.717) is 12.1 Å². The maximum Gasteiger partial charge on any atom is 0.337 e. The highest BCUT2D eigenvalue weighted by atomic mass is 32.2. The molecular weight excluding hydrogens is 405 g/mol. The molecule has 0 saturated carbocycles. The van der Waals surface area contributed by atoms with Gasteiger partial charge in [-0.25, -0.2) is 17.6 Å². The largest absolute Gasteiger partial charge is 0.465 e. The van der Waals surface area contributed by atoms with Gasteiger partial charge in [0.1, 0.15) is 5.82 Å². The minimum Gasteiger partial charge on any atom is -0.465 e. The molecule has 166 valence electrons. The molecule has 2 aromatic rings. The average Bonchev–Trinajstić information content (AvgIpc) is 2.77. The van der Waals surface area contributed by atoms with Crippen LogP contribution in [0.4, 0.5) is 10.1 Å². The molecule has 0 N–H and O–H groups in total. The molecule has 0 spiro atoms. The third-order valence-electron chi connectivity index (χ3n) is 4.42. The molecule has 0 saturated heterocycles. The Kier molecular flexibility index (Phi) is 11.1. The molecule has 0 aliphatic rings. The highest BCUT2D eigenvalue weighted by molar-refractivity contribution is 7.92. The third-order valence-corrected chi connectivity index (χ3v) is 6.24. The van der Waals surface area contributed by atoms with Crippen molar-refractivity contribution in [2.75, 3.05) is 17.2 Å². The molecule has 0 amide bonds. The number of unbranched alkanes of at least 4 members (excludes halogenated alkanes) is 3. The van der Waals surface area contributed by atoms with Crippen LogP contribution in [0.3, 0.4) is 0 Å². The summed E-state index contributed by atoms with van der Waals surface area (Å²) in [4.78, 5) is 11.6. The number of ether oxygens (including phenoxy) is 1. The quantitative estimate of drug-likeness (QED) is 0.361. The topological polar surface area (TPSA) is 63.7 Å². The molecule has 0 fully saturated rings. The minimum atomic E-state index is -3.63. The van der Waals surface area contributed by atoms with Crippen LogP contribution in [0, 0.1) is 5.82 Å². The predicted molar refractivity (Wildman–Crippen MR) is 120 cm³/mol. The molecule has 2 rings (SSSR count). The summed E-state index contributed by atoms with van der Waals surface area (Å²) >= 11 is 0. The molecular formula is C23H32FNO4S. The zero-order chi connectivity index (χ0) is 22.6. The third kappa shape index (κ3) is 7.44. The van der Waals surface area contributed by atoms with Crippen molar-refractivity contribution in [3.8, 4) is 0 Å². The van der Waals surface area contributed by atoms with Gasteiger partial charge in [-0.15, -0.1) is 0 Å². The number of carbonyl (C=O) groups is 1. The van der Waals surface area contributed by atoms with E-state index < -0.39 is 21.8 Å². The Balaban J connectivity index is 0.00000218. The molecule has 30 heavy (non-hydrogen) atoms. The van der Waals surface area contributed by atoms with E-state index in [2.05, 4.69) is 11.7 Å². The van der Waals surface area contributed by atoms with E-state index in [1.54, 1.807) is 30.3 Å². The zero-order valence-corrected chi connectivity index (χ0v) is 19.0. The van der Waals surface area contributed by atoms with Crippen molar-refractivity contribution in [3.63, 3.8) is 0 Å². The normalized spacial score (nSPS) is 10.7. The van der Waals surface area contributed by atoms with Gasteiger partial charge in [0.2, 0.25) is 10.0 Å². The Morgan fingerprint density at radius 2 is 1.70 bits per heavy atom. The Morgan fingerprint density at radius 3 is 2.27 bits per heavy atom. The SMILES string of the molecule is CC.CCCCCCS(=O)(=O)N(Cc1ccc(C(=O)OC)cc1F)c1ccccc1. The lowest BCUT2D eigenvalue weighted by Crippen LogP contribution is -2.33. The van der Waals surface area contributed by atoms with Gasteiger partial charge in [0.15, 0.2) is 0 Å². The highest BCUT2D eigenvalue weighted by Crippen LogP contribution is 2.24. The van der Waals surface area contributed by atoms with Crippen LogP contribution in [0.25, 0.3) is 0 Å². The number of halogens is 1. The first-order valence-electron chi connectivity index (χ1n) is 10.3. The van der Waals surface area contributed by atoms with E-state index >= 15 is 0 Å². The molecule has 0 heterocycles. The minimum absolute atomic E-state index is 0.00373. The van der Waals surface area contributed by atoms with E-state index in [1.807, 2.05) is 13.8 Å². The lowest BCUT2D eigenvalue weighted by atomic mass is 10.1. The van der Waals surface area contributed by atoms with Crippen LogP contribution in [0.5, 0.6) is 0 Å². The fourth-order valence-corrected chi connectivity index (χ4v) is 4.41. The van der Waals surface area contributed by atoms with Gasteiger partial charge in [0.25, 0.3) is 0 Å². The van der Waals surface area contributed by atoms with Crippen molar-refractivity contribution in [1.82, 2.24) is 0 Å². The molecule has 0 aliphatic carbocycles. The van der Waals surface area contributed by atoms with Gasteiger partial charge in [-0.05, 0) is 30.7 Å². The standard InChI is InChI=1S/C21H26FNO4S.C2H6/c1-3-4-5-9-14-28(25,26)23(19-10-7-6-8-11-19)16-18-13-12-17(15-20(18)22)21(24)27-2;1-2/h6-8,10-13,15H,3-5,9,14,16H2,1-2H3;1-2H3. The number of benzene rings is 2. The molecule has 0 atom stereocenters. The van der Waals surface area contributed by atoms with Crippen LogP contribution in [0.15, 0.2) is 48.5 Å². The summed E-state index contributed by atoms with van der Waals surface area (Å²) < 4.78 is 46.3. The number of hydrogen-bond acceptors (Lipinski definition) is 4. The summed E-state index contributed by atoms with van der Waals surface area (Å²) in [6.07, 6.45) is 3.38. The van der Waals surface area contributed by atoms with Gasteiger partial charge in [0, 0.05) is 5.56 Å². The maximum absolute atomic E-state index is 14.5. The van der Waals surface area contributed by atoms with Gasteiger partial charge in [-0.1, -0.05) is 64.3 Å². The number of nitrogens with zero attached hydrogens (tertiary/aromatic N) is 1. The van der Waals surface area contributed by atoms with Gasteiger partial charge in [-0.2, -0.15) is 0 Å². The monoisotopic (exact) mass is 437 g/mol. The zero-order valence-electron chi connectivity index (χ0n) is 18.2. The first-order chi connectivity index (χ1) is 14.4. The first-order valence-corrected chi connectivity index (χ1v) is 11.9. The summed E-state index contributed by atoms with van der Waals surface area (Å²) in [6, 6.07) is 12.6. The number of para-hydroxylation sites is 1. The molecule has 0 aliphatic heterocycles. The molecule has 5 nitrogen and oxygen atoms in total. The fraction of sp³-hybridized carbons (Fsp3) is 0.435. The molecule has 2 aromatic carbocycles. The van der Waals surface area contributed by atoms with Gasteiger partial charge >= 0.3 is 5.97 Å². The van der Waals surface area contributed by atoms with Crippen molar-refractivity contribution >= 4 is 21.7 Å². The second-order valence-electron chi connectivity index (χ2n) is 6.52. The van der Waals surface area contributed by atoms with Gasteiger partial charge < -0.3 is 4.74 Å². The number of esters is 1. The summed E-state index contributed by atoms with van der Waals surface area (Å²) in [5.41, 5.74) is 0.750. The lowest BCUT2D eigenvalue weighted by Gasteiger charge is -2.25. The van der Waals surface area contributed by atoms with Crippen LogP contribution in [0.2, 0.25) is 0 Å². The number of sulfonamides is 1. The van der Waals surface area contributed by atoms with Crippen LogP contribution >= 0.6 is 0 Å². The van der Waals surface area contributed by atoms with Gasteiger partial charge in [-0.3, -0.25) is 4.31 Å². The van der Waals surface area contributed by atoms with E-state index in [9.17, 15) is 17.6 Å². The van der Waals surface area contributed by atoms with Crippen molar-refractivity contribution in [2.24, 2.45) is 0 Å². The van der Waals surface area contributed by atoms with Crippen molar-refractivity contribution in [1.29, 1.82) is 0 Å². The number of anilines is 1. The van der Waals surface area contributed by atoms with Crippen LogP contribution in [-0.4, -0.2) is 27.2 Å². The van der Waals surface area contributed by atoms with E-state index in [0.717, 1.165) is 25.3 Å². The molecule has 0 unspecified atom stereocenters. The van der Waals surface area contributed by atoms with Crippen molar-refractivity contribution in [3.05, 3.63) is 65.5 Å². The summed E-state index contributed by atoms with van der Waals surface area (Å²) in [7, 11) is -2.41. The van der Waals surface area contributed by atoms with Crippen molar-refractivity contribution < 1.29 is 22.3 Å². The number of methoxy groups -OCH3 is 1. The Bertz CT molecular complexity index is 885. The number of rotatable bonds is 10. The van der Waals surface area contributed by atoms with Crippen molar-refractivity contribution in [2.45, 2.75) is 53.0 Å². The smallest absolute Gasteiger partial charge is 0.337 e. The van der Waals surface area contributed by atoms with E-state index in [1.165, 1.54) is 23.5 Å². The second-order valence-corrected chi connectivity index (χ2v) is 8.53.